The van der Waals surface area contributed by atoms with E-state index in [1.54, 1.807) is 0 Å². The third-order valence-corrected chi connectivity index (χ3v) is 1.85. The number of aromatic nitrogens is 2. The molecule has 0 saturated carbocycles. The molecule has 0 bridgehead atoms. The van der Waals surface area contributed by atoms with Gasteiger partial charge in [-0.1, -0.05) is 0 Å². The van der Waals surface area contributed by atoms with Crippen molar-refractivity contribution in [2.45, 2.75) is 6.04 Å². The lowest BCUT2D eigenvalue weighted by molar-refractivity contribution is 0.736. The molecule has 11 heavy (non-hydrogen) atoms. The Morgan fingerprint density at radius 2 is 2.27 bits per heavy atom. The van der Waals surface area contributed by atoms with Gasteiger partial charge >= 0.3 is 0 Å². The summed E-state index contributed by atoms with van der Waals surface area (Å²) in [5.41, 5.74) is 10.8. The van der Waals surface area contributed by atoms with E-state index < -0.39 is 0 Å². The van der Waals surface area contributed by atoms with Gasteiger partial charge in [0.15, 0.2) is 0 Å². The van der Waals surface area contributed by atoms with Crippen molar-refractivity contribution in [2.75, 3.05) is 18.4 Å². The molecule has 0 aliphatic carbocycles. The molecule has 62 valence electrons. The van der Waals surface area contributed by atoms with E-state index in [1.165, 1.54) is 17.9 Å². The number of nitrogens with zero attached hydrogens (tertiary/aromatic N) is 2. The van der Waals surface area contributed by atoms with Crippen molar-refractivity contribution >= 4 is 16.7 Å². The van der Waals surface area contributed by atoms with Gasteiger partial charge in [-0.25, -0.2) is 4.98 Å². The zero-order valence-electron chi connectivity index (χ0n) is 6.03. The molecule has 0 amide bonds. The van der Waals surface area contributed by atoms with E-state index in [0.29, 0.717) is 13.1 Å². The van der Waals surface area contributed by atoms with E-state index in [1.807, 2.05) is 0 Å². The van der Waals surface area contributed by atoms with Gasteiger partial charge in [0.05, 0.1) is 6.04 Å². The number of nitrogens with two attached hydrogens (primary N) is 2. The standard InChI is InChI=1S/C5H11N5S/c6-1-4(2-7)10-5-8-3-9-11-5/h3-4H,1-2,6-7H2,(H,8,9,10). The zero-order chi connectivity index (χ0) is 8.10. The molecule has 0 atom stereocenters. The van der Waals surface area contributed by atoms with Gasteiger partial charge in [0.1, 0.15) is 6.33 Å². The van der Waals surface area contributed by atoms with Gasteiger partial charge in [-0.15, -0.1) is 0 Å². The van der Waals surface area contributed by atoms with Crippen LogP contribution in [0.2, 0.25) is 0 Å². The summed E-state index contributed by atoms with van der Waals surface area (Å²) in [5.74, 6) is 0. The largest absolute Gasteiger partial charge is 0.355 e. The fraction of sp³-hybridized carbons (Fsp3) is 0.600. The number of hydrogen-bond acceptors (Lipinski definition) is 6. The first kappa shape index (κ1) is 8.38. The summed E-state index contributed by atoms with van der Waals surface area (Å²) >= 11 is 1.30. The Hall–Kier alpha value is -0.720. The Labute approximate surface area is 69.0 Å². The van der Waals surface area contributed by atoms with E-state index in [2.05, 4.69) is 14.7 Å². The maximum Gasteiger partial charge on any atom is 0.202 e. The fourth-order valence-electron chi connectivity index (χ4n) is 0.625. The molecule has 0 unspecified atom stereocenters. The van der Waals surface area contributed by atoms with Crippen molar-refractivity contribution in [3.63, 3.8) is 0 Å². The molecule has 0 aliphatic heterocycles. The average Bonchev–Trinajstić information content (AvgIpc) is 2.52. The van der Waals surface area contributed by atoms with Crippen molar-refractivity contribution in [2.24, 2.45) is 11.5 Å². The van der Waals surface area contributed by atoms with Crippen LogP contribution in [0.4, 0.5) is 5.13 Å². The third kappa shape index (κ3) is 2.41. The van der Waals surface area contributed by atoms with E-state index in [9.17, 15) is 0 Å². The van der Waals surface area contributed by atoms with Gasteiger partial charge in [0.2, 0.25) is 5.13 Å². The minimum absolute atomic E-state index is 0.1000. The molecule has 0 spiro atoms. The average molecular weight is 173 g/mol. The highest BCUT2D eigenvalue weighted by Crippen LogP contribution is 2.07. The molecule has 1 heterocycles. The minimum atomic E-state index is 0.1000. The molecule has 1 aromatic heterocycles. The molecule has 5 N–H and O–H groups in total. The first-order chi connectivity index (χ1) is 5.36. The lowest BCUT2D eigenvalue weighted by Gasteiger charge is -2.11. The van der Waals surface area contributed by atoms with Crippen molar-refractivity contribution in [3.05, 3.63) is 6.33 Å². The predicted octanol–water partition coefficient (Wildman–Crippen LogP) is -0.764. The van der Waals surface area contributed by atoms with E-state index in [0.717, 1.165) is 5.13 Å². The van der Waals surface area contributed by atoms with E-state index in [4.69, 9.17) is 11.5 Å². The number of nitrogens with one attached hydrogen (secondary N) is 1. The van der Waals surface area contributed by atoms with E-state index in [-0.39, 0.29) is 6.04 Å². The summed E-state index contributed by atoms with van der Waals surface area (Å²) in [6, 6.07) is 0.1000. The van der Waals surface area contributed by atoms with Crippen LogP contribution in [0, 0.1) is 0 Å². The Kier molecular flexibility index (Phi) is 3.21. The van der Waals surface area contributed by atoms with Crippen molar-refractivity contribution in [1.29, 1.82) is 0 Å². The van der Waals surface area contributed by atoms with Crippen LogP contribution in [0.15, 0.2) is 6.33 Å². The molecular weight excluding hydrogens is 162 g/mol. The normalized spacial score (nSPS) is 10.5. The van der Waals surface area contributed by atoms with E-state index >= 15 is 0 Å². The second-order valence-corrected chi connectivity index (χ2v) is 2.84. The second-order valence-electron chi connectivity index (χ2n) is 2.06. The molecule has 6 heteroatoms. The SMILES string of the molecule is NCC(CN)Nc1ncns1. The lowest BCUT2D eigenvalue weighted by Crippen LogP contribution is -2.35. The Bertz CT molecular complexity index is 183. The predicted molar refractivity (Wildman–Crippen MR) is 45.4 cm³/mol. The van der Waals surface area contributed by atoms with Crippen LogP contribution in [0.25, 0.3) is 0 Å². The highest BCUT2D eigenvalue weighted by Gasteiger charge is 2.04. The Balaban J connectivity index is 2.41. The summed E-state index contributed by atoms with van der Waals surface area (Å²) < 4.78 is 3.83. The maximum atomic E-state index is 5.41. The zero-order valence-corrected chi connectivity index (χ0v) is 6.84. The van der Waals surface area contributed by atoms with Gasteiger partial charge in [-0.05, 0) is 0 Å². The van der Waals surface area contributed by atoms with Crippen LogP contribution in [-0.2, 0) is 0 Å². The van der Waals surface area contributed by atoms with Gasteiger partial charge < -0.3 is 16.8 Å². The quantitative estimate of drug-likeness (QED) is 0.556. The highest BCUT2D eigenvalue weighted by atomic mass is 32.1. The van der Waals surface area contributed by atoms with Crippen LogP contribution in [0.3, 0.4) is 0 Å². The highest BCUT2D eigenvalue weighted by molar-refractivity contribution is 7.09. The van der Waals surface area contributed by atoms with Crippen molar-refractivity contribution in [3.8, 4) is 0 Å². The lowest BCUT2D eigenvalue weighted by atomic mass is 10.3. The first-order valence-electron chi connectivity index (χ1n) is 3.30. The molecular formula is C5H11N5S. The summed E-state index contributed by atoms with van der Waals surface area (Å²) in [6.45, 7) is 1.02. The Morgan fingerprint density at radius 1 is 1.55 bits per heavy atom. The maximum absolute atomic E-state index is 5.41. The van der Waals surface area contributed by atoms with Crippen molar-refractivity contribution in [1.82, 2.24) is 9.36 Å². The molecule has 0 aliphatic rings. The van der Waals surface area contributed by atoms with Crippen LogP contribution in [0.5, 0.6) is 0 Å². The number of anilines is 1. The Morgan fingerprint density at radius 3 is 2.73 bits per heavy atom. The van der Waals surface area contributed by atoms with Crippen LogP contribution >= 0.6 is 11.5 Å². The topological polar surface area (TPSA) is 89.8 Å². The summed E-state index contributed by atoms with van der Waals surface area (Å²) in [6.07, 6.45) is 1.50. The smallest absolute Gasteiger partial charge is 0.202 e. The molecule has 0 saturated heterocycles. The summed E-state index contributed by atoms with van der Waals surface area (Å²) in [4.78, 5) is 3.94. The number of hydrogen-bond donors (Lipinski definition) is 3. The minimum Gasteiger partial charge on any atom is -0.355 e. The second kappa shape index (κ2) is 4.22. The first-order valence-corrected chi connectivity index (χ1v) is 4.07. The van der Waals surface area contributed by atoms with Gasteiger partial charge in [-0.3, -0.25) is 0 Å². The molecule has 1 rings (SSSR count). The summed E-state index contributed by atoms with van der Waals surface area (Å²) in [5, 5.41) is 3.82. The monoisotopic (exact) mass is 173 g/mol. The summed E-state index contributed by atoms with van der Waals surface area (Å²) in [7, 11) is 0. The van der Waals surface area contributed by atoms with Crippen LogP contribution < -0.4 is 16.8 Å². The molecule has 1 aromatic rings. The molecule has 0 aromatic carbocycles. The van der Waals surface area contributed by atoms with Crippen molar-refractivity contribution < 1.29 is 0 Å². The van der Waals surface area contributed by atoms with Gasteiger partial charge in [-0.2, -0.15) is 4.37 Å². The molecule has 0 radical (unpaired) electrons. The number of rotatable bonds is 4. The van der Waals surface area contributed by atoms with Gasteiger partial charge in [0, 0.05) is 24.6 Å². The molecule has 0 fully saturated rings. The van der Waals surface area contributed by atoms with Gasteiger partial charge in [0.25, 0.3) is 0 Å². The molecule has 5 nitrogen and oxygen atoms in total. The van der Waals surface area contributed by atoms with Crippen LogP contribution in [-0.4, -0.2) is 28.5 Å². The fourth-order valence-corrected chi connectivity index (χ4v) is 1.13. The third-order valence-electron chi connectivity index (χ3n) is 1.26. The van der Waals surface area contributed by atoms with Crippen LogP contribution in [0.1, 0.15) is 0 Å².